The molecule has 1 atom stereocenters. The van der Waals surface area contributed by atoms with Crippen LogP contribution in [0.1, 0.15) is 0 Å². The van der Waals surface area contributed by atoms with E-state index >= 15 is 0 Å². The largest absolute Gasteiger partial charge is 0.394 e. The van der Waals surface area contributed by atoms with Gasteiger partial charge in [0.1, 0.15) is 12.6 Å². The number of rotatable bonds is 1. The molecule has 5 nitrogen and oxygen atoms in total. The van der Waals surface area contributed by atoms with E-state index in [0.29, 0.717) is 0 Å². The summed E-state index contributed by atoms with van der Waals surface area (Å²) in [5.74, 6) is -0.124. The van der Waals surface area contributed by atoms with E-state index in [1.54, 1.807) is 4.72 Å². The smallest absolute Gasteiger partial charge is 0.337 e. The quantitative estimate of drug-likeness (QED) is 0.555. The monoisotopic (exact) mass is 227 g/mol. The molecule has 0 aromatic rings. The van der Waals surface area contributed by atoms with Crippen LogP contribution in [0.5, 0.6) is 0 Å². The highest BCUT2D eigenvalue weighted by molar-refractivity contribution is 7.84. The maximum absolute atomic E-state index is 12.6. The van der Waals surface area contributed by atoms with Crippen LogP contribution in [-0.2, 0) is 14.5 Å². The van der Waals surface area contributed by atoms with Crippen molar-refractivity contribution in [2.75, 3.05) is 13.2 Å². The van der Waals surface area contributed by atoms with Crippen LogP contribution in [0, 0.1) is 11.8 Å². The molecule has 0 radical (unpaired) electrons. The molecule has 0 amide bonds. The molecule has 1 aliphatic heterocycles. The van der Waals surface area contributed by atoms with Crippen LogP contribution in [0.4, 0.5) is 8.78 Å². The molecule has 0 aliphatic carbocycles. The van der Waals surface area contributed by atoms with Crippen molar-refractivity contribution in [3.05, 3.63) is 0 Å². The summed E-state index contributed by atoms with van der Waals surface area (Å²) < 4.78 is 52.6. The first-order valence-electron chi connectivity index (χ1n) is 3.53. The van der Waals surface area contributed by atoms with Crippen molar-refractivity contribution in [1.29, 1.82) is 0 Å². The van der Waals surface area contributed by atoms with Crippen molar-refractivity contribution >= 4 is 10.3 Å². The highest BCUT2D eigenvalue weighted by atomic mass is 32.2. The van der Waals surface area contributed by atoms with Crippen LogP contribution in [0.15, 0.2) is 0 Å². The predicted octanol–water partition coefficient (Wildman–Crippen LogP) is -1.15. The van der Waals surface area contributed by atoms with Crippen molar-refractivity contribution in [2.24, 2.45) is 0 Å². The highest BCUT2D eigenvalue weighted by Gasteiger charge is 2.32. The zero-order chi connectivity index (χ0) is 10.8. The number of aliphatic hydroxyl groups is 1. The van der Waals surface area contributed by atoms with Gasteiger partial charge in [-0.25, -0.2) is 0 Å². The Bertz CT molecular complexity index is 369. The molecule has 0 spiro atoms. The number of aliphatic hydroxyl groups excluding tert-OH is 1. The summed E-state index contributed by atoms with van der Waals surface area (Å²) >= 11 is 0. The lowest BCUT2D eigenvalue weighted by molar-refractivity contribution is 0.0148. The maximum Gasteiger partial charge on any atom is 0.337 e. The fourth-order valence-electron chi connectivity index (χ4n) is 0.701. The second kappa shape index (κ2) is 3.78. The first-order chi connectivity index (χ1) is 6.35. The van der Waals surface area contributed by atoms with Gasteiger partial charge in [0, 0.05) is 0 Å². The molecule has 0 aromatic carbocycles. The number of halogens is 2. The second-order valence-corrected chi connectivity index (χ2v) is 3.92. The molecule has 0 aromatic heterocycles. The Kier molecular flexibility index (Phi) is 3.06. The van der Waals surface area contributed by atoms with Gasteiger partial charge in [0.2, 0.25) is 0 Å². The van der Waals surface area contributed by atoms with Gasteiger partial charge in [-0.1, -0.05) is 5.92 Å². The molecule has 1 aliphatic rings. The van der Waals surface area contributed by atoms with Gasteiger partial charge in [-0.05, 0) is 5.92 Å². The van der Waals surface area contributed by atoms with Gasteiger partial charge >= 0.3 is 16.2 Å². The zero-order valence-corrected chi connectivity index (χ0v) is 7.64. The Morgan fingerprint density at radius 2 is 2.29 bits per heavy atom. The van der Waals surface area contributed by atoms with E-state index in [9.17, 15) is 17.2 Å². The van der Waals surface area contributed by atoms with Crippen LogP contribution in [0.2, 0.25) is 0 Å². The Labute approximate surface area is 79.3 Å². The molecule has 8 heteroatoms. The van der Waals surface area contributed by atoms with E-state index in [0.717, 1.165) is 0 Å². The van der Waals surface area contributed by atoms with E-state index < -0.39 is 35.5 Å². The van der Waals surface area contributed by atoms with Crippen molar-refractivity contribution in [3.63, 3.8) is 0 Å². The van der Waals surface area contributed by atoms with E-state index in [1.165, 1.54) is 5.92 Å². The minimum atomic E-state index is -4.27. The summed E-state index contributed by atoms with van der Waals surface area (Å²) in [5.41, 5.74) is 0. The van der Waals surface area contributed by atoms with E-state index in [2.05, 4.69) is 4.18 Å². The first-order valence-corrected chi connectivity index (χ1v) is 4.93. The van der Waals surface area contributed by atoms with Crippen molar-refractivity contribution in [2.45, 2.75) is 12.0 Å². The third kappa shape index (κ3) is 3.19. The van der Waals surface area contributed by atoms with Gasteiger partial charge in [0.15, 0.2) is 0 Å². The molecule has 2 N–H and O–H groups in total. The Morgan fingerprint density at radius 3 is 2.86 bits per heavy atom. The lowest BCUT2D eigenvalue weighted by atomic mass is 10.3. The molecule has 1 heterocycles. The summed E-state index contributed by atoms with van der Waals surface area (Å²) in [6.07, 6.45) is 0. The molecular formula is C6H7F2NO4S. The average molecular weight is 227 g/mol. The number of alkyl halides is 2. The van der Waals surface area contributed by atoms with Gasteiger partial charge < -0.3 is 5.11 Å². The summed E-state index contributed by atoms with van der Waals surface area (Å²) in [4.78, 5) is 0. The molecule has 0 bridgehead atoms. The normalized spacial score (nSPS) is 29.5. The molecule has 0 saturated carbocycles. The van der Waals surface area contributed by atoms with Crippen LogP contribution in [0.3, 0.4) is 0 Å². The number of hydrogen-bond donors (Lipinski definition) is 2. The maximum atomic E-state index is 12.6. The molecule has 1 rings (SSSR count). The van der Waals surface area contributed by atoms with Crippen LogP contribution in [0.25, 0.3) is 0 Å². The lowest BCUT2D eigenvalue weighted by Crippen LogP contribution is -2.41. The number of hydrogen-bond acceptors (Lipinski definition) is 4. The summed E-state index contributed by atoms with van der Waals surface area (Å²) in [6, 6.07) is -1.27. The van der Waals surface area contributed by atoms with Gasteiger partial charge in [-0.3, -0.25) is 4.18 Å². The fourth-order valence-corrected chi connectivity index (χ4v) is 1.55. The standard InChI is InChI=1S/C6H7F2NO4S/c7-6(8)2-1-5(3-10)9-14(11,12)13-4-6/h5,9-10H,3-4H2. The van der Waals surface area contributed by atoms with E-state index in [4.69, 9.17) is 5.11 Å². The average Bonchev–Trinajstić information content (AvgIpc) is 2.08. The molecular weight excluding hydrogens is 220 g/mol. The Balaban J connectivity index is 2.97. The highest BCUT2D eigenvalue weighted by Crippen LogP contribution is 2.14. The second-order valence-electron chi connectivity index (χ2n) is 2.54. The van der Waals surface area contributed by atoms with Gasteiger partial charge in [0.05, 0.1) is 6.61 Å². The summed E-state index contributed by atoms with van der Waals surface area (Å²) in [6.45, 7) is -2.03. The van der Waals surface area contributed by atoms with E-state index in [1.807, 2.05) is 5.92 Å². The van der Waals surface area contributed by atoms with Crippen molar-refractivity contribution in [1.82, 2.24) is 4.72 Å². The van der Waals surface area contributed by atoms with Gasteiger partial charge in [-0.2, -0.15) is 21.9 Å². The molecule has 0 fully saturated rings. The Hall–Kier alpha value is -0.750. The lowest BCUT2D eigenvalue weighted by Gasteiger charge is -2.16. The molecule has 1 unspecified atom stereocenters. The third-order valence-electron chi connectivity index (χ3n) is 1.29. The number of nitrogens with one attached hydrogen (secondary N) is 1. The molecule has 80 valence electrons. The van der Waals surface area contributed by atoms with Crippen LogP contribution in [-0.4, -0.2) is 38.7 Å². The zero-order valence-electron chi connectivity index (χ0n) is 6.83. The minimum Gasteiger partial charge on any atom is -0.394 e. The Morgan fingerprint density at radius 1 is 1.64 bits per heavy atom. The van der Waals surface area contributed by atoms with Gasteiger partial charge in [-0.15, -0.1) is 0 Å². The topological polar surface area (TPSA) is 75.6 Å². The minimum absolute atomic E-state index is 0.703. The summed E-state index contributed by atoms with van der Waals surface area (Å²) in [7, 11) is -4.27. The summed E-state index contributed by atoms with van der Waals surface area (Å²) in [5, 5.41) is 8.58. The van der Waals surface area contributed by atoms with Gasteiger partial charge in [0.25, 0.3) is 0 Å². The third-order valence-corrected chi connectivity index (χ3v) is 2.30. The molecule has 0 saturated heterocycles. The SMILES string of the molecule is O=S1(=O)NC(CO)C#CC(F)(F)CO1. The van der Waals surface area contributed by atoms with Crippen molar-refractivity contribution < 1.29 is 26.5 Å². The van der Waals surface area contributed by atoms with Crippen molar-refractivity contribution in [3.8, 4) is 11.8 Å². The fraction of sp³-hybridized carbons (Fsp3) is 0.667. The molecule has 14 heavy (non-hydrogen) atoms. The predicted molar refractivity (Wildman–Crippen MR) is 41.6 cm³/mol. The van der Waals surface area contributed by atoms with Crippen LogP contribution >= 0.6 is 0 Å². The first kappa shape index (κ1) is 11.3. The van der Waals surface area contributed by atoms with Crippen LogP contribution < -0.4 is 4.72 Å². The van der Waals surface area contributed by atoms with E-state index in [-0.39, 0.29) is 0 Å².